The minimum absolute atomic E-state index is 0.0631. The molecule has 1 aromatic carbocycles. The van der Waals surface area contributed by atoms with Crippen LogP contribution in [0.4, 0.5) is 5.69 Å². The first kappa shape index (κ1) is 15.3. The normalized spacial score (nSPS) is 11.6. The number of rotatable bonds is 4. The Morgan fingerprint density at radius 3 is 2.85 bits per heavy atom. The van der Waals surface area contributed by atoms with E-state index in [1.54, 1.807) is 25.1 Å². The van der Waals surface area contributed by atoms with Crippen molar-refractivity contribution in [3.63, 3.8) is 0 Å². The Hall–Kier alpha value is -1.09. The van der Waals surface area contributed by atoms with E-state index in [0.29, 0.717) is 20.9 Å². The maximum Gasteiger partial charge on any atom is 0.265 e. The lowest BCUT2D eigenvalue weighted by Crippen LogP contribution is -2.15. The third-order valence-corrected chi connectivity index (χ3v) is 5.54. The fourth-order valence-corrected chi connectivity index (χ4v) is 3.81. The number of aliphatic hydroxyl groups is 1. The number of nitrogens with one attached hydrogen (secondary N) is 2. The van der Waals surface area contributed by atoms with E-state index in [4.69, 9.17) is 16.7 Å². The largest absolute Gasteiger partial charge is 0.390 e. The van der Waals surface area contributed by atoms with Gasteiger partial charge in [-0.1, -0.05) is 17.7 Å². The summed E-state index contributed by atoms with van der Waals surface area (Å²) in [6.07, 6.45) is 0. The Balaban J connectivity index is 2.46. The molecule has 0 unspecified atom stereocenters. The quantitative estimate of drug-likeness (QED) is 0.759. The van der Waals surface area contributed by atoms with Crippen molar-refractivity contribution in [3.05, 3.63) is 39.1 Å². The number of aliphatic hydroxyl groups excluding tert-OH is 1. The molecule has 0 radical (unpaired) electrons. The van der Waals surface area contributed by atoms with Crippen molar-refractivity contribution in [2.45, 2.75) is 18.4 Å². The summed E-state index contributed by atoms with van der Waals surface area (Å²) in [6, 6.07) is 4.83. The van der Waals surface area contributed by atoms with E-state index in [-0.39, 0.29) is 10.6 Å². The van der Waals surface area contributed by atoms with Crippen LogP contribution >= 0.6 is 27.5 Å². The summed E-state index contributed by atoms with van der Waals surface area (Å²) in [5, 5.41) is 15.8. The van der Waals surface area contributed by atoms with E-state index in [2.05, 4.69) is 30.8 Å². The van der Waals surface area contributed by atoms with E-state index >= 15 is 0 Å². The predicted molar refractivity (Wildman–Crippen MR) is 79.2 cm³/mol. The average Bonchev–Trinajstić information content (AvgIpc) is 2.77. The van der Waals surface area contributed by atoms with E-state index < -0.39 is 16.6 Å². The van der Waals surface area contributed by atoms with Gasteiger partial charge in [-0.15, -0.1) is 0 Å². The van der Waals surface area contributed by atoms with Crippen LogP contribution in [0.2, 0.25) is 5.02 Å². The molecular weight excluding hydrogens is 370 g/mol. The van der Waals surface area contributed by atoms with Crippen molar-refractivity contribution in [2.75, 3.05) is 4.72 Å². The second-order valence-electron chi connectivity index (χ2n) is 3.99. The predicted octanol–water partition coefficient (Wildman–Crippen LogP) is 2.43. The smallest absolute Gasteiger partial charge is 0.265 e. The number of nitrogens with zero attached hydrogens (tertiary/aromatic N) is 1. The zero-order valence-corrected chi connectivity index (χ0v) is 13.5. The summed E-state index contributed by atoms with van der Waals surface area (Å²) in [6.45, 7) is 1.09. The number of aromatic nitrogens is 2. The van der Waals surface area contributed by atoms with Crippen molar-refractivity contribution >= 4 is 43.2 Å². The van der Waals surface area contributed by atoms with Gasteiger partial charge in [-0.2, -0.15) is 5.10 Å². The maximum atomic E-state index is 12.4. The highest BCUT2D eigenvalue weighted by Crippen LogP contribution is 2.32. The van der Waals surface area contributed by atoms with Gasteiger partial charge in [0.1, 0.15) is 10.6 Å². The number of aromatic amines is 1. The Morgan fingerprint density at radius 1 is 1.50 bits per heavy atom. The van der Waals surface area contributed by atoms with Crippen LogP contribution in [0.5, 0.6) is 0 Å². The summed E-state index contributed by atoms with van der Waals surface area (Å²) in [5.74, 6) is 0. The molecule has 2 rings (SSSR count). The molecule has 108 valence electrons. The Labute approximate surface area is 129 Å². The molecule has 20 heavy (non-hydrogen) atoms. The molecule has 6 nitrogen and oxygen atoms in total. The van der Waals surface area contributed by atoms with Crippen LogP contribution in [0.1, 0.15) is 11.4 Å². The molecule has 0 fully saturated rings. The van der Waals surface area contributed by atoms with E-state index in [1.165, 1.54) is 0 Å². The number of anilines is 1. The highest BCUT2D eigenvalue weighted by Gasteiger charge is 2.24. The molecule has 0 aliphatic carbocycles. The average molecular weight is 381 g/mol. The molecule has 0 amide bonds. The highest BCUT2D eigenvalue weighted by molar-refractivity contribution is 9.10. The number of hydrogen-bond acceptors (Lipinski definition) is 4. The van der Waals surface area contributed by atoms with Gasteiger partial charge in [0.2, 0.25) is 0 Å². The molecule has 0 atom stereocenters. The fraction of sp³-hybridized carbons (Fsp3) is 0.182. The van der Waals surface area contributed by atoms with Gasteiger partial charge < -0.3 is 5.11 Å². The molecule has 9 heteroatoms. The van der Waals surface area contributed by atoms with Crippen LogP contribution in [-0.2, 0) is 16.6 Å². The van der Waals surface area contributed by atoms with Gasteiger partial charge in [0.15, 0.2) is 0 Å². The maximum absolute atomic E-state index is 12.4. The number of sulfonamides is 1. The van der Waals surface area contributed by atoms with Crippen molar-refractivity contribution in [1.82, 2.24) is 10.2 Å². The van der Waals surface area contributed by atoms with E-state index in [9.17, 15) is 8.42 Å². The van der Waals surface area contributed by atoms with Gasteiger partial charge >= 0.3 is 0 Å². The highest BCUT2D eigenvalue weighted by atomic mass is 79.9. The lowest BCUT2D eigenvalue weighted by Gasteiger charge is -2.10. The third kappa shape index (κ3) is 2.83. The Morgan fingerprint density at radius 2 is 2.20 bits per heavy atom. The van der Waals surface area contributed by atoms with Crippen molar-refractivity contribution < 1.29 is 13.5 Å². The lowest BCUT2D eigenvalue weighted by molar-refractivity contribution is 0.273. The van der Waals surface area contributed by atoms with Crippen LogP contribution in [0.25, 0.3) is 0 Å². The number of aryl methyl sites for hydroxylation is 1. The molecule has 0 saturated heterocycles. The van der Waals surface area contributed by atoms with Gasteiger partial charge in [0.05, 0.1) is 27.5 Å². The molecule has 0 bridgehead atoms. The molecule has 0 aliphatic heterocycles. The third-order valence-electron chi connectivity index (χ3n) is 2.58. The summed E-state index contributed by atoms with van der Waals surface area (Å²) in [4.78, 5) is -0.0631. The van der Waals surface area contributed by atoms with Crippen LogP contribution in [-0.4, -0.2) is 23.7 Å². The second kappa shape index (κ2) is 5.72. The number of hydrogen-bond donors (Lipinski definition) is 3. The van der Waals surface area contributed by atoms with Gasteiger partial charge in [-0.05, 0) is 35.0 Å². The molecule has 1 aromatic heterocycles. The fourth-order valence-electron chi connectivity index (χ4n) is 1.71. The first-order valence-corrected chi connectivity index (χ1v) is 8.13. The second-order valence-corrected chi connectivity index (χ2v) is 6.81. The first-order valence-electron chi connectivity index (χ1n) is 5.48. The van der Waals surface area contributed by atoms with Gasteiger partial charge in [-0.3, -0.25) is 9.82 Å². The first-order chi connectivity index (χ1) is 9.36. The molecule has 0 aliphatic rings. The molecule has 3 N–H and O–H groups in total. The summed E-state index contributed by atoms with van der Waals surface area (Å²) in [5.41, 5.74) is 0.717. The van der Waals surface area contributed by atoms with Crippen molar-refractivity contribution in [3.8, 4) is 0 Å². The Bertz CT molecular complexity index is 745. The van der Waals surface area contributed by atoms with Gasteiger partial charge in [-0.25, -0.2) is 8.42 Å². The number of H-pyrrole nitrogens is 1. The minimum atomic E-state index is -3.88. The van der Waals surface area contributed by atoms with E-state index in [0.717, 1.165) is 0 Å². The summed E-state index contributed by atoms with van der Waals surface area (Å²) < 4.78 is 27.6. The standard InChI is InChI=1S/C11H11BrClN3O3S/c1-6-11(9(5-17)15-14-6)20(18,19)16-8-4-2-3-7(13)10(8)12/h2-4,16-17H,5H2,1H3,(H,14,15). The van der Waals surface area contributed by atoms with Crippen LogP contribution in [0.15, 0.2) is 27.6 Å². The van der Waals surface area contributed by atoms with Crippen molar-refractivity contribution in [1.29, 1.82) is 0 Å². The molecular formula is C11H11BrClN3O3S. The SMILES string of the molecule is Cc1[nH]nc(CO)c1S(=O)(=O)Nc1cccc(Cl)c1Br. The van der Waals surface area contributed by atoms with Gasteiger partial charge in [0.25, 0.3) is 10.0 Å². The minimum Gasteiger partial charge on any atom is -0.390 e. The summed E-state index contributed by atoms with van der Waals surface area (Å²) >= 11 is 9.14. The molecule has 0 spiro atoms. The van der Waals surface area contributed by atoms with Crippen LogP contribution in [0.3, 0.4) is 0 Å². The van der Waals surface area contributed by atoms with Crippen molar-refractivity contribution in [2.24, 2.45) is 0 Å². The number of halogens is 2. The lowest BCUT2D eigenvalue weighted by atomic mass is 10.3. The zero-order valence-electron chi connectivity index (χ0n) is 10.3. The van der Waals surface area contributed by atoms with E-state index in [1.807, 2.05) is 0 Å². The van der Waals surface area contributed by atoms with Crippen LogP contribution < -0.4 is 4.72 Å². The molecule has 2 aromatic rings. The topological polar surface area (TPSA) is 95.1 Å². The monoisotopic (exact) mass is 379 g/mol. The summed E-state index contributed by atoms with van der Waals surface area (Å²) in [7, 11) is -3.88. The Kier molecular flexibility index (Phi) is 4.38. The molecule has 0 saturated carbocycles. The number of benzene rings is 1. The zero-order chi connectivity index (χ0) is 14.9. The molecule has 1 heterocycles. The van der Waals surface area contributed by atoms with Crippen LogP contribution in [0, 0.1) is 6.92 Å². The van der Waals surface area contributed by atoms with Gasteiger partial charge in [0, 0.05) is 0 Å².